The van der Waals surface area contributed by atoms with Crippen LogP contribution >= 0.6 is 12.4 Å². The van der Waals surface area contributed by atoms with Gasteiger partial charge in [-0.15, -0.1) is 12.4 Å². The number of fused-ring (bicyclic) bond motifs is 1. The number of halogens is 2. The number of aliphatic hydroxyl groups is 1. The fraction of sp³-hybridized carbons (Fsp3) is 0.222. The van der Waals surface area contributed by atoms with Crippen LogP contribution in [0.5, 0.6) is 0 Å². The molecule has 3 aromatic rings. The van der Waals surface area contributed by atoms with Gasteiger partial charge in [0, 0.05) is 18.1 Å². The molecule has 0 bridgehead atoms. The molecule has 2 atom stereocenters. The highest BCUT2D eigenvalue weighted by Crippen LogP contribution is 2.31. The minimum absolute atomic E-state index is 0. The van der Waals surface area contributed by atoms with Gasteiger partial charge in [0.05, 0.1) is 17.7 Å². The monoisotopic (exact) mass is 334 g/mol. The van der Waals surface area contributed by atoms with Gasteiger partial charge in [0.1, 0.15) is 5.82 Å². The van der Waals surface area contributed by atoms with Crippen LogP contribution in [0.4, 0.5) is 4.39 Å². The lowest BCUT2D eigenvalue weighted by atomic mass is 10.0. The zero-order chi connectivity index (χ0) is 15.7. The molecule has 1 heterocycles. The van der Waals surface area contributed by atoms with Gasteiger partial charge in [-0.1, -0.05) is 42.5 Å². The van der Waals surface area contributed by atoms with Gasteiger partial charge in [0.2, 0.25) is 0 Å². The predicted molar refractivity (Wildman–Crippen MR) is 93.5 cm³/mol. The van der Waals surface area contributed by atoms with Gasteiger partial charge in [-0.25, -0.2) is 4.39 Å². The zero-order valence-corrected chi connectivity index (χ0v) is 13.6. The Morgan fingerprint density at radius 3 is 2.48 bits per heavy atom. The van der Waals surface area contributed by atoms with Crippen LogP contribution in [-0.2, 0) is 0 Å². The van der Waals surface area contributed by atoms with Crippen LogP contribution in [0, 0.1) is 12.7 Å². The fourth-order valence-electron chi connectivity index (χ4n) is 3.01. The van der Waals surface area contributed by atoms with Gasteiger partial charge >= 0.3 is 0 Å². The number of rotatable bonds is 4. The van der Waals surface area contributed by atoms with Gasteiger partial charge in [-0.3, -0.25) is 0 Å². The Labute approximate surface area is 141 Å². The van der Waals surface area contributed by atoms with E-state index in [9.17, 15) is 9.50 Å². The summed E-state index contributed by atoms with van der Waals surface area (Å²) in [5.41, 5.74) is 8.06. The smallest absolute Gasteiger partial charge is 0.147 e. The third-order valence-electron chi connectivity index (χ3n) is 4.05. The van der Waals surface area contributed by atoms with Gasteiger partial charge in [-0.05, 0) is 24.1 Å². The third kappa shape index (κ3) is 3.11. The molecule has 3 nitrogen and oxygen atoms in total. The molecule has 3 rings (SSSR count). The molecule has 0 saturated carbocycles. The first-order valence-electron chi connectivity index (χ1n) is 7.32. The van der Waals surface area contributed by atoms with Crippen molar-refractivity contribution in [1.82, 2.24) is 4.57 Å². The molecular formula is C18H20ClFN2O. The van der Waals surface area contributed by atoms with E-state index in [2.05, 4.69) is 0 Å². The molecule has 2 unspecified atom stereocenters. The summed E-state index contributed by atoms with van der Waals surface area (Å²) in [7, 11) is 0. The summed E-state index contributed by atoms with van der Waals surface area (Å²) in [6, 6.07) is 14.2. The number of hydrogen-bond acceptors (Lipinski definition) is 2. The quantitative estimate of drug-likeness (QED) is 0.768. The molecule has 1 aromatic heterocycles. The summed E-state index contributed by atoms with van der Waals surface area (Å²) in [4.78, 5) is 0. The number of nitrogens with two attached hydrogens (primary N) is 1. The molecule has 0 radical (unpaired) electrons. The van der Waals surface area contributed by atoms with E-state index in [0.717, 1.165) is 16.5 Å². The summed E-state index contributed by atoms with van der Waals surface area (Å²) < 4.78 is 16.2. The van der Waals surface area contributed by atoms with Crippen LogP contribution < -0.4 is 5.73 Å². The maximum absolute atomic E-state index is 14.4. The molecule has 0 fully saturated rings. The third-order valence-corrected chi connectivity index (χ3v) is 4.05. The topological polar surface area (TPSA) is 51.2 Å². The molecule has 0 aliphatic rings. The highest BCUT2D eigenvalue weighted by Gasteiger charge is 2.25. The van der Waals surface area contributed by atoms with Crippen LogP contribution in [0.15, 0.2) is 54.7 Å². The van der Waals surface area contributed by atoms with Crippen molar-refractivity contribution in [3.8, 4) is 0 Å². The first-order chi connectivity index (χ1) is 10.6. The maximum Gasteiger partial charge on any atom is 0.147 e. The van der Waals surface area contributed by atoms with Crippen molar-refractivity contribution in [3.05, 3.63) is 71.7 Å². The number of aromatic nitrogens is 1. The second-order valence-corrected chi connectivity index (χ2v) is 5.51. The summed E-state index contributed by atoms with van der Waals surface area (Å²) >= 11 is 0. The average molecular weight is 335 g/mol. The second kappa shape index (κ2) is 7.13. The van der Waals surface area contributed by atoms with E-state index in [1.54, 1.807) is 10.6 Å². The van der Waals surface area contributed by atoms with Crippen LogP contribution in [0.2, 0.25) is 0 Å². The van der Waals surface area contributed by atoms with Crippen LogP contribution in [0.3, 0.4) is 0 Å². The Kier molecular flexibility index (Phi) is 5.42. The van der Waals surface area contributed by atoms with Crippen molar-refractivity contribution in [2.75, 3.05) is 6.54 Å². The average Bonchev–Trinajstić information content (AvgIpc) is 2.87. The molecule has 0 saturated heterocycles. The van der Waals surface area contributed by atoms with Crippen molar-refractivity contribution in [1.29, 1.82) is 0 Å². The van der Waals surface area contributed by atoms with E-state index >= 15 is 0 Å². The second-order valence-electron chi connectivity index (χ2n) is 5.51. The molecule has 3 N–H and O–H groups in total. The minimum atomic E-state index is -0.794. The van der Waals surface area contributed by atoms with E-state index in [-0.39, 0.29) is 24.8 Å². The van der Waals surface area contributed by atoms with Crippen molar-refractivity contribution in [2.24, 2.45) is 5.73 Å². The number of aliphatic hydroxyl groups excluding tert-OH is 1. The largest absolute Gasteiger partial charge is 0.389 e. The summed E-state index contributed by atoms with van der Waals surface area (Å²) in [6.45, 7) is 2.04. The normalized spacial score (nSPS) is 13.6. The Bertz CT molecular complexity index is 788. The maximum atomic E-state index is 14.4. The summed E-state index contributed by atoms with van der Waals surface area (Å²) in [5, 5.41) is 11.3. The van der Waals surface area contributed by atoms with Crippen molar-refractivity contribution in [3.63, 3.8) is 0 Å². The Hall–Kier alpha value is -1.88. The van der Waals surface area contributed by atoms with Gasteiger partial charge in [0.15, 0.2) is 0 Å². The molecule has 0 amide bonds. The van der Waals surface area contributed by atoms with E-state index in [0.29, 0.717) is 5.52 Å². The van der Waals surface area contributed by atoms with E-state index < -0.39 is 12.1 Å². The first-order valence-corrected chi connectivity index (χ1v) is 7.32. The predicted octanol–water partition coefficient (Wildman–Crippen LogP) is 3.42. The molecule has 5 heteroatoms. The van der Waals surface area contributed by atoms with Gasteiger partial charge in [0.25, 0.3) is 0 Å². The molecule has 0 spiro atoms. The number of nitrogens with zero attached hydrogens (tertiary/aromatic N) is 1. The molecule has 23 heavy (non-hydrogen) atoms. The molecule has 0 aliphatic carbocycles. The number of benzene rings is 2. The van der Waals surface area contributed by atoms with Gasteiger partial charge < -0.3 is 15.4 Å². The van der Waals surface area contributed by atoms with Crippen LogP contribution in [0.1, 0.15) is 17.2 Å². The number of aryl methyl sites for hydroxylation is 1. The molecule has 122 valence electrons. The zero-order valence-electron chi connectivity index (χ0n) is 12.8. The van der Waals surface area contributed by atoms with Crippen molar-refractivity contribution < 1.29 is 9.50 Å². The van der Waals surface area contributed by atoms with Crippen LogP contribution in [0.25, 0.3) is 10.9 Å². The Balaban J connectivity index is 0.00000192. The SMILES string of the molecule is Cc1cn(C(c2ccccc2)C(O)CN)c2c(F)cccc12.Cl. The van der Waals surface area contributed by atoms with Crippen molar-refractivity contribution in [2.45, 2.75) is 19.1 Å². The molecular weight excluding hydrogens is 315 g/mol. The molecule has 0 aliphatic heterocycles. The lowest BCUT2D eigenvalue weighted by Crippen LogP contribution is -2.31. The first kappa shape index (κ1) is 17.5. The van der Waals surface area contributed by atoms with Crippen LogP contribution in [-0.4, -0.2) is 22.3 Å². The Morgan fingerprint density at radius 1 is 1.13 bits per heavy atom. The minimum Gasteiger partial charge on any atom is -0.389 e. The standard InChI is InChI=1S/C18H19FN2O.ClH/c1-12-11-21(18-14(12)8-5-9-15(18)19)17(16(22)10-20)13-6-3-2-4-7-13;/h2-9,11,16-17,22H,10,20H2,1H3;1H. The summed E-state index contributed by atoms with van der Waals surface area (Å²) in [6.07, 6.45) is 1.08. The highest BCUT2D eigenvalue weighted by molar-refractivity contribution is 5.85. The number of para-hydroxylation sites is 1. The van der Waals surface area contributed by atoms with E-state index in [1.807, 2.05) is 49.5 Å². The van der Waals surface area contributed by atoms with Gasteiger partial charge in [-0.2, -0.15) is 0 Å². The van der Waals surface area contributed by atoms with E-state index in [1.165, 1.54) is 6.07 Å². The lowest BCUT2D eigenvalue weighted by Gasteiger charge is -2.25. The van der Waals surface area contributed by atoms with Crippen molar-refractivity contribution >= 4 is 23.3 Å². The fourth-order valence-corrected chi connectivity index (χ4v) is 3.01. The highest BCUT2D eigenvalue weighted by atomic mass is 35.5. The number of hydrogen-bond donors (Lipinski definition) is 2. The molecule has 2 aromatic carbocycles. The van der Waals surface area contributed by atoms with E-state index in [4.69, 9.17) is 5.73 Å². The Morgan fingerprint density at radius 2 is 1.83 bits per heavy atom. The summed E-state index contributed by atoms with van der Waals surface area (Å²) in [5.74, 6) is -0.296. The lowest BCUT2D eigenvalue weighted by molar-refractivity contribution is 0.139.